The molecule has 0 aliphatic rings. The van der Waals surface area contributed by atoms with Crippen LogP contribution in [0.25, 0.3) is 0 Å². The number of hydrogen-bond donors (Lipinski definition) is 0. The zero-order valence-corrected chi connectivity index (χ0v) is 47.1. The zero-order valence-electron chi connectivity index (χ0n) is 47.1. The van der Waals surface area contributed by atoms with E-state index in [1.54, 1.807) is 0 Å². The monoisotopic (exact) mass is 983 g/mol. The molecule has 0 N–H and O–H groups in total. The number of hydrogen-bond acceptors (Lipinski definition) is 6. The number of esters is 3. The summed E-state index contributed by atoms with van der Waals surface area (Å²) in [5.41, 5.74) is 0. The van der Waals surface area contributed by atoms with Crippen molar-refractivity contribution in [1.29, 1.82) is 0 Å². The lowest BCUT2D eigenvalue weighted by atomic mass is 10.0. The van der Waals surface area contributed by atoms with Crippen molar-refractivity contribution < 1.29 is 28.6 Å². The van der Waals surface area contributed by atoms with Crippen molar-refractivity contribution in [2.75, 3.05) is 13.2 Å². The maximum Gasteiger partial charge on any atom is 0.306 e. The van der Waals surface area contributed by atoms with E-state index in [0.717, 1.165) is 70.6 Å². The fourth-order valence-electron chi connectivity index (χ4n) is 9.16. The van der Waals surface area contributed by atoms with Gasteiger partial charge in [-0.25, -0.2) is 0 Å². The lowest BCUT2D eigenvalue weighted by molar-refractivity contribution is -0.167. The third kappa shape index (κ3) is 56.5. The molecule has 1 atom stereocenters. The molecular formula is C64H118O6. The van der Waals surface area contributed by atoms with Crippen molar-refractivity contribution in [3.05, 3.63) is 36.5 Å². The molecule has 0 rings (SSSR count). The van der Waals surface area contributed by atoms with E-state index in [0.29, 0.717) is 19.3 Å². The van der Waals surface area contributed by atoms with Gasteiger partial charge < -0.3 is 14.2 Å². The molecule has 0 amide bonds. The van der Waals surface area contributed by atoms with Gasteiger partial charge in [0, 0.05) is 19.3 Å². The van der Waals surface area contributed by atoms with Gasteiger partial charge >= 0.3 is 17.9 Å². The van der Waals surface area contributed by atoms with Crippen LogP contribution in [0.1, 0.15) is 335 Å². The topological polar surface area (TPSA) is 78.9 Å². The highest BCUT2D eigenvalue weighted by Crippen LogP contribution is 2.17. The van der Waals surface area contributed by atoms with Crippen molar-refractivity contribution >= 4 is 17.9 Å². The van der Waals surface area contributed by atoms with E-state index in [4.69, 9.17) is 14.2 Å². The molecule has 0 saturated carbocycles. The summed E-state index contributed by atoms with van der Waals surface area (Å²) in [4.78, 5) is 38.1. The summed E-state index contributed by atoms with van der Waals surface area (Å²) < 4.78 is 16.9. The summed E-state index contributed by atoms with van der Waals surface area (Å²) in [5.74, 6) is -0.861. The molecule has 0 heterocycles. The Balaban J connectivity index is 4.15. The maximum absolute atomic E-state index is 12.8. The standard InChI is InChI=1S/C64H118O6/c1-4-7-10-13-16-19-22-24-26-27-28-29-30-31-32-33-34-35-36-37-38-40-42-45-48-51-54-57-63(66)69-60-61(59-68-62(65)56-53-50-47-44-41-21-18-15-12-9-6-3)70-64(67)58-55-52-49-46-43-39-25-23-20-17-14-11-8-5-2/h15,18,22,24,27-28,61H,4-14,16-17,19-21,23,25-26,29-60H2,1-3H3/b18-15-,24-22-,28-27-. The molecule has 6 heteroatoms. The summed E-state index contributed by atoms with van der Waals surface area (Å²) in [5, 5.41) is 0. The second kappa shape index (κ2) is 59.2. The predicted octanol–water partition coefficient (Wildman–Crippen LogP) is 20.8. The molecule has 0 spiro atoms. The summed E-state index contributed by atoms with van der Waals surface area (Å²) in [6.07, 6.45) is 71.6. The molecule has 6 nitrogen and oxygen atoms in total. The van der Waals surface area contributed by atoms with Gasteiger partial charge in [0.05, 0.1) is 0 Å². The largest absolute Gasteiger partial charge is 0.462 e. The Morgan fingerprint density at radius 3 is 0.843 bits per heavy atom. The Bertz CT molecular complexity index is 1170. The van der Waals surface area contributed by atoms with Crippen LogP contribution in [0.3, 0.4) is 0 Å². The highest BCUT2D eigenvalue weighted by Gasteiger charge is 2.19. The van der Waals surface area contributed by atoms with Gasteiger partial charge in [-0.1, -0.05) is 282 Å². The van der Waals surface area contributed by atoms with E-state index < -0.39 is 6.10 Å². The number of unbranched alkanes of at least 4 members (excludes halogenated alkanes) is 40. The lowest BCUT2D eigenvalue weighted by Gasteiger charge is -2.18. The number of carbonyl (C=O) groups is 3. The first-order valence-electron chi connectivity index (χ1n) is 31.0. The fraction of sp³-hybridized carbons (Fsp3) is 0.859. The average Bonchev–Trinajstić information content (AvgIpc) is 3.36. The van der Waals surface area contributed by atoms with E-state index >= 15 is 0 Å². The molecular weight excluding hydrogens is 865 g/mol. The molecule has 0 fully saturated rings. The fourth-order valence-corrected chi connectivity index (χ4v) is 9.16. The zero-order chi connectivity index (χ0) is 50.7. The summed E-state index contributed by atoms with van der Waals surface area (Å²) in [6, 6.07) is 0. The van der Waals surface area contributed by atoms with E-state index in [1.165, 1.54) is 225 Å². The first-order chi connectivity index (χ1) is 34.5. The van der Waals surface area contributed by atoms with Crippen LogP contribution in [0.5, 0.6) is 0 Å². The summed E-state index contributed by atoms with van der Waals surface area (Å²) >= 11 is 0. The molecule has 0 aromatic rings. The highest BCUT2D eigenvalue weighted by molar-refractivity contribution is 5.71. The number of rotatable bonds is 57. The molecule has 0 aliphatic heterocycles. The van der Waals surface area contributed by atoms with E-state index in [-0.39, 0.29) is 31.1 Å². The van der Waals surface area contributed by atoms with E-state index in [2.05, 4.69) is 57.2 Å². The predicted molar refractivity (Wildman–Crippen MR) is 302 cm³/mol. The normalized spacial score (nSPS) is 12.2. The molecule has 410 valence electrons. The SMILES string of the molecule is CCCC/C=C\CCCCCCCC(=O)OCC(COC(=O)CCCCCCCCCCCCCCCCC/C=C\C/C=C\CCCCCCC)OC(=O)CCCCCCCCCCCCCCCC. The van der Waals surface area contributed by atoms with Crippen LogP contribution < -0.4 is 0 Å². The molecule has 0 aromatic heterocycles. The van der Waals surface area contributed by atoms with Crippen molar-refractivity contribution in [3.8, 4) is 0 Å². The molecule has 0 bridgehead atoms. The van der Waals surface area contributed by atoms with Gasteiger partial charge in [0.2, 0.25) is 0 Å². The van der Waals surface area contributed by atoms with Crippen LogP contribution in [-0.2, 0) is 28.6 Å². The summed E-state index contributed by atoms with van der Waals surface area (Å²) in [7, 11) is 0. The van der Waals surface area contributed by atoms with Gasteiger partial charge in [-0.15, -0.1) is 0 Å². The van der Waals surface area contributed by atoms with Gasteiger partial charge in [-0.2, -0.15) is 0 Å². The third-order valence-electron chi connectivity index (χ3n) is 13.9. The lowest BCUT2D eigenvalue weighted by Crippen LogP contribution is -2.30. The van der Waals surface area contributed by atoms with Crippen molar-refractivity contribution in [2.24, 2.45) is 0 Å². The van der Waals surface area contributed by atoms with Gasteiger partial charge in [0.1, 0.15) is 13.2 Å². The Morgan fingerprint density at radius 1 is 0.286 bits per heavy atom. The van der Waals surface area contributed by atoms with Crippen LogP contribution in [-0.4, -0.2) is 37.2 Å². The minimum Gasteiger partial charge on any atom is -0.462 e. The second-order valence-corrected chi connectivity index (χ2v) is 21.0. The molecule has 0 radical (unpaired) electrons. The molecule has 0 saturated heterocycles. The summed E-state index contributed by atoms with van der Waals surface area (Å²) in [6.45, 7) is 6.63. The average molecular weight is 984 g/mol. The second-order valence-electron chi connectivity index (χ2n) is 21.0. The van der Waals surface area contributed by atoms with Crippen molar-refractivity contribution in [2.45, 2.75) is 341 Å². The van der Waals surface area contributed by atoms with Crippen LogP contribution >= 0.6 is 0 Å². The Kier molecular flexibility index (Phi) is 57.2. The van der Waals surface area contributed by atoms with Gasteiger partial charge in [-0.3, -0.25) is 14.4 Å². The van der Waals surface area contributed by atoms with E-state index in [1.807, 2.05) is 0 Å². The van der Waals surface area contributed by atoms with Gasteiger partial charge in [0.15, 0.2) is 6.10 Å². The first-order valence-corrected chi connectivity index (χ1v) is 31.0. The van der Waals surface area contributed by atoms with Gasteiger partial charge in [-0.05, 0) is 70.6 Å². The quantitative estimate of drug-likeness (QED) is 0.0261. The Hall–Kier alpha value is -2.37. The Morgan fingerprint density at radius 2 is 0.529 bits per heavy atom. The first kappa shape index (κ1) is 67.6. The molecule has 0 aromatic carbocycles. The minimum absolute atomic E-state index is 0.0703. The maximum atomic E-state index is 12.8. The van der Waals surface area contributed by atoms with Gasteiger partial charge in [0.25, 0.3) is 0 Å². The van der Waals surface area contributed by atoms with Crippen molar-refractivity contribution in [3.63, 3.8) is 0 Å². The Labute approximate surface area is 435 Å². The van der Waals surface area contributed by atoms with Crippen LogP contribution in [0.15, 0.2) is 36.5 Å². The van der Waals surface area contributed by atoms with E-state index in [9.17, 15) is 14.4 Å². The molecule has 0 aliphatic carbocycles. The smallest absolute Gasteiger partial charge is 0.306 e. The minimum atomic E-state index is -0.771. The van der Waals surface area contributed by atoms with Crippen LogP contribution in [0, 0.1) is 0 Å². The third-order valence-corrected chi connectivity index (χ3v) is 13.9. The van der Waals surface area contributed by atoms with Crippen molar-refractivity contribution in [1.82, 2.24) is 0 Å². The molecule has 70 heavy (non-hydrogen) atoms. The highest BCUT2D eigenvalue weighted by atomic mass is 16.6. The number of allylic oxidation sites excluding steroid dienone is 6. The number of ether oxygens (including phenoxy) is 3. The number of carbonyl (C=O) groups excluding carboxylic acids is 3. The van der Waals surface area contributed by atoms with Crippen LogP contribution in [0.2, 0.25) is 0 Å². The van der Waals surface area contributed by atoms with Crippen LogP contribution in [0.4, 0.5) is 0 Å². The molecule has 1 unspecified atom stereocenters.